The number of anilines is 1. The van der Waals surface area contributed by atoms with Crippen molar-refractivity contribution in [1.82, 2.24) is 4.90 Å². The molecule has 0 radical (unpaired) electrons. The number of rotatable bonds is 1. The molecule has 21 heavy (non-hydrogen) atoms. The summed E-state index contributed by atoms with van der Waals surface area (Å²) in [6, 6.07) is 6.26. The highest BCUT2D eigenvalue weighted by Crippen LogP contribution is 2.37. The lowest BCUT2D eigenvalue weighted by atomic mass is 9.92. The van der Waals surface area contributed by atoms with Gasteiger partial charge in [-0.05, 0) is 43.9 Å². The lowest BCUT2D eigenvalue weighted by Gasteiger charge is -2.37. The number of benzene rings is 1. The highest BCUT2D eigenvalue weighted by Gasteiger charge is 2.31. The van der Waals surface area contributed by atoms with Crippen LogP contribution in [-0.4, -0.2) is 23.4 Å². The van der Waals surface area contributed by atoms with Crippen LogP contribution >= 0.6 is 27.3 Å². The smallest absolute Gasteiger partial charge is 0.266 e. The second-order valence-electron chi connectivity index (χ2n) is 5.84. The van der Waals surface area contributed by atoms with E-state index in [9.17, 15) is 4.79 Å². The Bertz CT molecular complexity index is 697. The third kappa shape index (κ3) is 2.57. The fourth-order valence-corrected chi connectivity index (χ4v) is 4.42. The third-order valence-electron chi connectivity index (χ3n) is 4.52. The van der Waals surface area contributed by atoms with Crippen LogP contribution in [0, 0.1) is 5.92 Å². The van der Waals surface area contributed by atoms with E-state index in [0.717, 1.165) is 27.5 Å². The molecule has 0 bridgehead atoms. The van der Waals surface area contributed by atoms with Gasteiger partial charge >= 0.3 is 0 Å². The summed E-state index contributed by atoms with van der Waals surface area (Å²) in [5, 5.41) is 0.968. The Morgan fingerprint density at radius 3 is 2.95 bits per heavy atom. The zero-order chi connectivity index (χ0) is 15.1. The van der Waals surface area contributed by atoms with Crippen molar-refractivity contribution in [3.63, 3.8) is 0 Å². The number of nitrogens with two attached hydrogens (primary N) is 1. The monoisotopic (exact) mass is 366 g/mol. The summed E-state index contributed by atoms with van der Waals surface area (Å²) in [6.07, 6.45) is 2.27. The molecule has 1 fully saturated rings. The Balaban J connectivity index is 2.00. The lowest BCUT2D eigenvalue weighted by molar-refractivity contribution is 0.0557. The van der Waals surface area contributed by atoms with Crippen LogP contribution in [-0.2, 0) is 0 Å². The van der Waals surface area contributed by atoms with Gasteiger partial charge in [-0.25, -0.2) is 0 Å². The number of hydrogen-bond acceptors (Lipinski definition) is 3. The first-order valence-corrected chi connectivity index (χ1v) is 8.88. The van der Waals surface area contributed by atoms with Crippen molar-refractivity contribution in [1.29, 1.82) is 0 Å². The predicted molar refractivity (Wildman–Crippen MR) is 92.8 cm³/mol. The molecule has 2 N–H and O–H groups in total. The number of nitrogens with zero attached hydrogens (tertiary/aromatic N) is 1. The number of fused-ring (bicyclic) bond motifs is 1. The van der Waals surface area contributed by atoms with Crippen LogP contribution in [0.4, 0.5) is 5.69 Å². The summed E-state index contributed by atoms with van der Waals surface area (Å²) >= 11 is 4.96. The summed E-state index contributed by atoms with van der Waals surface area (Å²) in [7, 11) is 0. The van der Waals surface area contributed by atoms with E-state index >= 15 is 0 Å². The Hall–Kier alpha value is -1.07. The van der Waals surface area contributed by atoms with Crippen LogP contribution in [0.2, 0.25) is 0 Å². The standard InChI is InChI=1S/C16H19BrN2OS/c1-9-4-3-7-19(10(9)2)16(20)15-14(18)12-8-11(17)5-6-13(12)21-15/h5-6,8-10H,3-4,7,18H2,1-2H3. The molecule has 1 amide bonds. The fourth-order valence-electron chi connectivity index (χ4n) is 3.00. The van der Waals surface area contributed by atoms with Crippen LogP contribution < -0.4 is 5.73 Å². The number of amides is 1. The molecular weight excluding hydrogens is 348 g/mol. The van der Waals surface area contributed by atoms with Crippen molar-refractivity contribution in [3.8, 4) is 0 Å². The molecule has 0 aliphatic carbocycles. The summed E-state index contributed by atoms with van der Waals surface area (Å²) in [4.78, 5) is 15.6. The van der Waals surface area contributed by atoms with Crippen molar-refractivity contribution in [3.05, 3.63) is 27.5 Å². The van der Waals surface area contributed by atoms with E-state index in [1.807, 2.05) is 23.1 Å². The van der Waals surface area contributed by atoms with Crippen LogP contribution in [0.5, 0.6) is 0 Å². The second-order valence-corrected chi connectivity index (χ2v) is 7.81. The van der Waals surface area contributed by atoms with E-state index in [1.165, 1.54) is 17.8 Å². The SMILES string of the molecule is CC1CCCN(C(=O)c2sc3ccc(Br)cc3c2N)C1C. The minimum atomic E-state index is 0.0869. The van der Waals surface area contributed by atoms with Gasteiger partial charge in [0.25, 0.3) is 5.91 Å². The molecule has 1 aliphatic heterocycles. The topological polar surface area (TPSA) is 46.3 Å². The van der Waals surface area contributed by atoms with Gasteiger partial charge in [0.15, 0.2) is 0 Å². The van der Waals surface area contributed by atoms with E-state index in [1.54, 1.807) is 0 Å². The van der Waals surface area contributed by atoms with Gasteiger partial charge in [-0.3, -0.25) is 4.79 Å². The predicted octanol–water partition coefficient (Wildman–Crippen LogP) is 4.51. The number of carbonyl (C=O) groups excluding carboxylic acids is 1. The molecule has 0 spiro atoms. The van der Waals surface area contributed by atoms with E-state index in [4.69, 9.17) is 5.73 Å². The maximum Gasteiger partial charge on any atom is 0.266 e. The molecule has 2 unspecified atom stereocenters. The average molecular weight is 367 g/mol. The number of hydrogen-bond donors (Lipinski definition) is 1. The molecule has 2 heterocycles. The average Bonchev–Trinajstić information content (AvgIpc) is 2.78. The van der Waals surface area contributed by atoms with Gasteiger partial charge in [0, 0.05) is 27.1 Å². The molecule has 1 aromatic heterocycles. The molecule has 5 heteroatoms. The molecular formula is C16H19BrN2OS. The van der Waals surface area contributed by atoms with Crippen LogP contribution in [0.1, 0.15) is 36.4 Å². The largest absolute Gasteiger partial charge is 0.397 e. The van der Waals surface area contributed by atoms with Crippen molar-refractivity contribution >= 4 is 48.9 Å². The third-order valence-corrected chi connectivity index (χ3v) is 6.18. The number of carbonyl (C=O) groups is 1. The fraction of sp³-hybridized carbons (Fsp3) is 0.438. The quantitative estimate of drug-likeness (QED) is 0.806. The Labute approximate surface area is 137 Å². The van der Waals surface area contributed by atoms with Gasteiger partial charge in [-0.2, -0.15) is 0 Å². The van der Waals surface area contributed by atoms with E-state index < -0.39 is 0 Å². The second kappa shape index (κ2) is 5.61. The summed E-state index contributed by atoms with van der Waals surface area (Å²) in [5.74, 6) is 0.635. The molecule has 1 aromatic carbocycles. The van der Waals surface area contributed by atoms with Crippen molar-refractivity contribution in [2.45, 2.75) is 32.7 Å². The van der Waals surface area contributed by atoms with Gasteiger partial charge < -0.3 is 10.6 Å². The first-order chi connectivity index (χ1) is 9.99. The maximum atomic E-state index is 12.9. The first-order valence-electron chi connectivity index (χ1n) is 7.27. The number of likely N-dealkylation sites (tertiary alicyclic amines) is 1. The zero-order valence-electron chi connectivity index (χ0n) is 12.2. The first kappa shape index (κ1) is 14.9. The highest BCUT2D eigenvalue weighted by molar-refractivity contribution is 9.10. The molecule has 2 atom stereocenters. The lowest BCUT2D eigenvalue weighted by Crippen LogP contribution is -2.45. The number of nitrogen functional groups attached to an aromatic ring is 1. The van der Waals surface area contributed by atoms with Crippen LogP contribution in [0.3, 0.4) is 0 Å². The minimum absolute atomic E-state index is 0.0869. The summed E-state index contributed by atoms with van der Waals surface area (Å²) < 4.78 is 2.05. The molecule has 0 saturated carbocycles. The van der Waals surface area contributed by atoms with Gasteiger partial charge in [-0.15, -0.1) is 11.3 Å². The Morgan fingerprint density at radius 2 is 2.19 bits per heavy atom. The summed E-state index contributed by atoms with van der Waals surface area (Å²) in [5.41, 5.74) is 6.85. The molecule has 3 rings (SSSR count). The highest BCUT2D eigenvalue weighted by atomic mass is 79.9. The Kier molecular flexibility index (Phi) is 3.97. The van der Waals surface area contributed by atoms with Gasteiger partial charge in [0.05, 0.1) is 5.69 Å². The number of thiophene rings is 1. The summed E-state index contributed by atoms with van der Waals surface area (Å²) in [6.45, 7) is 5.19. The van der Waals surface area contributed by atoms with Crippen molar-refractivity contribution < 1.29 is 4.79 Å². The minimum Gasteiger partial charge on any atom is -0.397 e. The zero-order valence-corrected chi connectivity index (χ0v) is 14.6. The number of piperidine rings is 1. The Morgan fingerprint density at radius 1 is 1.43 bits per heavy atom. The molecule has 2 aromatic rings. The van der Waals surface area contributed by atoms with Crippen LogP contribution in [0.15, 0.2) is 22.7 Å². The van der Waals surface area contributed by atoms with Crippen molar-refractivity contribution in [2.24, 2.45) is 5.92 Å². The van der Waals surface area contributed by atoms with E-state index in [-0.39, 0.29) is 11.9 Å². The maximum absolute atomic E-state index is 12.9. The van der Waals surface area contributed by atoms with Gasteiger partial charge in [0.1, 0.15) is 4.88 Å². The number of halogens is 1. The van der Waals surface area contributed by atoms with Gasteiger partial charge in [-0.1, -0.05) is 22.9 Å². The van der Waals surface area contributed by atoms with Crippen LogP contribution in [0.25, 0.3) is 10.1 Å². The molecule has 3 nitrogen and oxygen atoms in total. The molecule has 1 saturated heterocycles. The van der Waals surface area contributed by atoms with Crippen molar-refractivity contribution in [2.75, 3.05) is 12.3 Å². The molecule has 1 aliphatic rings. The molecule has 112 valence electrons. The normalized spacial score (nSPS) is 22.7. The van der Waals surface area contributed by atoms with E-state index in [2.05, 4.69) is 29.8 Å². The van der Waals surface area contributed by atoms with E-state index in [0.29, 0.717) is 16.5 Å². The van der Waals surface area contributed by atoms with Gasteiger partial charge in [0.2, 0.25) is 0 Å².